The third-order valence-corrected chi connectivity index (χ3v) is 7.24. The topological polar surface area (TPSA) is 76.1 Å². The highest BCUT2D eigenvalue weighted by atomic mass is 19.3. The Hall–Kier alpha value is -3.31. The summed E-state index contributed by atoms with van der Waals surface area (Å²) in [5.74, 6) is -1.58. The van der Waals surface area contributed by atoms with Crippen LogP contribution in [0.2, 0.25) is 0 Å². The van der Waals surface area contributed by atoms with Crippen molar-refractivity contribution in [1.82, 2.24) is 4.98 Å². The third-order valence-electron chi connectivity index (χ3n) is 7.24. The summed E-state index contributed by atoms with van der Waals surface area (Å²) < 4.78 is 69.6. The molecule has 41 heavy (non-hydrogen) atoms. The monoisotopic (exact) mass is 573 g/mol. The Morgan fingerprint density at radius 3 is 2.20 bits per heavy atom. The van der Waals surface area contributed by atoms with Crippen LogP contribution in [0.15, 0.2) is 36.4 Å². The summed E-state index contributed by atoms with van der Waals surface area (Å²) in [6.45, 7) is 11.1. The van der Waals surface area contributed by atoms with Gasteiger partial charge in [-0.3, -0.25) is 0 Å². The smallest absolute Gasteiger partial charge is 0.481 e. The van der Waals surface area contributed by atoms with Gasteiger partial charge in [0.05, 0.1) is 11.2 Å². The second-order valence-electron chi connectivity index (χ2n) is 12.0. The number of carbonyl (C=O) groups is 1. The zero-order valence-corrected chi connectivity index (χ0v) is 24.6. The van der Waals surface area contributed by atoms with Crippen molar-refractivity contribution >= 4 is 29.5 Å². The molecule has 1 aromatic heterocycles. The van der Waals surface area contributed by atoms with E-state index in [1.807, 2.05) is 52.0 Å². The van der Waals surface area contributed by atoms with Crippen molar-refractivity contribution in [2.75, 3.05) is 6.61 Å². The fourth-order valence-electron chi connectivity index (χ4n) is 4.49. The summed E-state index contributed by atoms with van der Waals surface area (Å²) in [7, 11) is -0.552. The molecule has 0 radical (unpaired) electrons. The number of carbonyl (C=O) groups excluding carboxylic acids is 1. The molecule has 2 aromatic carbocycles. The minimum absolute atomic E-state index is 0.155. The molecule has 0 saturated carbocycles. The van der Waals surface area contributed by atoms with Crippen molar-refractivity contribution in [2.45, 2.75) is 85.2 Å². The number of pyridine rings is 1. The normalized spacial score (nSPS) is 16.3. The number of fused-ring (bicyclic) bond motifs is 1. The van der Waals surface area contributed by atoms with Gasteiger partial charge in [0.1, 0.15) is 22.7 Å². The Labute approximate surface area is 238 Å². The third kappa shape index (κ3) is 6.78. The zero-order valence-electron chi connectivity index (χ0n) is 24.6. The number of aromatic nitrogens is 1. The van der Waals surface area contributed by atoms with Gasteiger partial charge in [-0.05, 0) is 84.1 Å². The predicted octanol–water partition coefficient (Wildman–Crippen LogP) is 5.89. The Balaban J connectivity index is 1.68. The number of nitrogens with zero attached hydrogens (tertiary/aromatic N) is 1. The number of alkyl halides is 2. The lowest BCUT2D eigenvalue weighted by atomic mass is 9.78. The molecule has 1 saturated heterocycles. The van der Waals surface area contributed by atoms with Crippen LogP contribution in [0.1, 0.15) is 65.2 Å². The van der Waals surface area contributed by atoms with E-state index in [1.54, 1.807) is 27.7 Å². The van der Waals surface area contributed by atoms with Gasteiger partial charge in [0.2, 0.25) is 5.88 Å². The van der Waals surface area contributed by atoms with Crippen molar-refractivity contribution in [3.05, 3.63) is 58.9 Å². The molecule has 4 rings (SSSR count). The quantitative estimate of drug-likeness (QED) is 0.246. The summed E-state index contributed by atoms with van der Waals surface area (Å²) in [5.41, 5.74) is 0.420. The molecular weight excluding hydrogens is 538 g/mol. The molecule has 0 spiro atoms. The van der Waals surface area contributed by atoms with Gasteiger partial charge in [0.15, 0.2) is 6.61 Å². The van der Waals surface area contributed by atoms with Gasteiger partial charge in [0.25, 0.3) is 0 Å². The van der Waals surface area contributed by atoms with Crippen LogP contribution in [-0.2, 0) is 25.3 Å². The van der Waals surface area contributed by atoms with Crippen molar-refractivity contribution in [3.8, 4) is 11.6 Å². The molecule has 1 aliphatic heterocycles. The summed E-state index contributed by atoms with van der Waals surface area (Å²) >= 11 is 0. The first-order valence-corrected chi connectivity index (χ1v) is 13.3. The minimum Gasteiger partial charge on any atom is -0.481 e. The van der Waals surface area contributed by atoms with Gasteiger partial charge in [-0.2, -0.15) is 8.78 Å². The fourth-order valence-corrected chi connectivity index (χ4v) is 4.49. The Bertz CT molecular complexity index is 1420. The molecule has 7 nitrogen and oxygen atoms in total. The maximum Gasteiger partial charge on any atom is 0.494 e. The van der Waals surface area contributed by atoms with E-state index in [0.717, 1.165) is 17.1 Å². The van der Waals surface area contributed by atoms with E-state index >= 15 is 0 Å². The van der Waals surface area contributed by atoms with Crippen LogP contribution in [-0.4, -0.2) is 48.1 Å². The van der Waals surface area contributed by atoms with E-state index in [4.69, 9.17) is 23.5 Å². The summed E-state index contributed by atoms with van der Waals surface area (Å²) in [5, 5.41) is 0.249. The van der Waals surface area contributed by atoms with Gasteiger partial charge in [-0.25, -0.2) is 14.2 Å². The zero-order chi connectivity index (χ0) is 30.3. The Kier molecular flexibility index (Phi) is 8.35. The highest BCUT2D eigenvalue weighted by Gasteiger charge is 2.51. The van der Waals surface area contributed by atoms with Gasteiger partial charge < -0.3 is 23.5 Å². The first kappa shape index (κ1) is 30.6. The standard InChI is InChI=1S/C30H35BF3NO6/c1-17-20(15-18-9-11-19(12-10-18)31-40-29(5,6)30(7,8)41-31)26(38-27(33)34)35-25-21(32)13-14-22(24(17)25)37-16-23(36)39-28(2,3)4/h9-14,27H,15-16H2,1-8H3. The molecule has 0 amide bonds. The van der Waals surface area contributed by atoms with E-state index < -0.39 is 48.9 Å². The van der Waals surface area contributed by atoms with E-state index in [2.05, 4.69) is 4.98 Å². The van der Waals surface area contributed by atoms with E-state index in [9.17, 15) is 18.0 Å². The van der Waals surface area contributed by atoms with Crippen LogP contribution in [0.3, 0.4) is 0 Å². The van der Waals surface area contributed by atoms with Crippen LogP contribution >= 0.6 is 0 Å². The van der Waals surface area contributed by atoms with Crippen molar-refractivity contribution in [1.29, 1.82) is 0 Å². The molecular formula is C30H35BF3NO6. The maximum atomic E-state index is 14.9. The van der Waals surface area contributed by atoms with Crippen molar-refractivity contribution < 1.29 is 41.5 Å². The molecule has 220 valence electrons. The number of benzene rings is 2. The first-order chi connectivity index (χ1) is 19.0. The number of halogens is 3. The average Bonchev–Trinajstić information content (AvgIpc) is 3.07. The number of ether oxygens (including phenoxy) is 3. The largest absolute Gasteiger partial charge is 0.494 e. The molecule has 0 atom stereocenters. The molecule has 1 fully saturated rings. The van der Waals surface area contributed by atoms with Crippen LogP contribution < -0.4 is 14.9 Å². The molecule has 1 aliphatic rings. The summed E-state index contributed by atoms with van der Waals surface area (Å²) in [6, 6.07) is 9.84. The van der Waals surface area contributed by atoms with Crippen molar-refractivity contribution in [2.24, 2.45) is 0 Å². The average molecular weight is 573 g/mol. The van der Waals surface area contributed by atoms with Gasteiger partial charge in [0, 0.05) is 17.4 Å². The molecule has 2 heterocycles. The second-order valence-corrected chi connectivity index (χ2v) is 12.0. The van der Waals surface area contributed by atoms with Crippen molar-refractivity contribution in [3.63, 3.8) is 0 Å². The minimum atomic E-state index is -3.17. The van der Waals surface area contributed by atoms with Gasteiger partial charge in [-0.1, -0.05) is 24.3 Å². The number of hydrogen-bond acceptors (Lipinski definition) is 7. The lowest BCUT2D eigenvalue weighted by Crippen LogP contribution is -2.41. The summed E-state index contributed by atoms with van der Waals surface area (Å²) in [4.78, 5) is 16.4. The molecule has 0 unspecified atom stereocenters. The lowest BCUT2D eigenvalue weighted by molar-refractivity contribution is -0.157. The molecule has 11 heteroatoms. The SMILES string of the molecule is Cc1c(Cc2ccc(B3OC(C)(C)C(C)(C)O3)cc2)c(OC(F)F)nc2c(F)ccc(OCC(=O)OC(C)(C)C)c12. The van der Waals surface area contributed by atoms with Crippen LogP contribution in [0.4, 0.5) is 13.2 Å². The highest BCUT2D eigenvalue weighted by molar-refractivity contribution is 6.62. The Morgan fingerprint density at radius 1 is 1.02 bits per heavy atom. The number of hydrogen-bond donors (Lipinski definition) is 0. The van der Waals surface area contributed by atoms with E-state index in [1.165, 1.54) is 6.07 Å². The van der Waals surface area contributed by atoms with Crippen LogP contribution in [0.5, 0.6) is 11.6 Å². The molecule has 0 N–H and O–H groups in total. The highest BCUT2D eigenvalue weighted by Crippen LogP contribution is 2.38. The summed E-state index contributed by atoms with van der Waals surface area (Å²) in [6.07, 6.45) is 0.155. The number of aryl methyl sites for hydroxylation is 1. The molecule has 0 aliphatic carbocycles. The van der Waals surface area contributed by atoms with Gasteiger partial charge >= 0.3 is 19.7 Å². The first-order valence-electron chi connectivity index (χ1n) is 13.3. The van der Waals surface area contributed by atoms with Crippen LogP contribution in [0.25, 0.3) is 10.9 Å². The molecule has 3 aromatic rings. The maximum absolute atomic E-state index is 14.9. The fraction of sp³-hybridized carbons (Fsp3) is 0.467. The lowest BCUT2D eigenvalue weighted by Gasteiger charge is -2.32. The van der Waals surface area contributed by atoms with Gasteiger partial charge in [-0.15, -0.1) is 0 Å². The Morgan fingerprint density at radius 2 is 1.63 bits per heavy atom. The van der Waals surface area contributed by atoms with E-state index in [-0.39, 0.29) is 29.0 Å². The number of esters is 1. The van der Waals surface area contributed by atoms with Crippen LogP contribution in [0, 0.1) is 12.7 Å². The number of rotatable bonds is 8. The second kappa shape index (κ2) is 11.2. The predicted molar refractivity (Wildman–Crippen MR) is 149 cm³/mol. The van der Waals surface area contributed by atoms with E-state index in [0.29, 0.717) is 11.1 Å². The molecule has 0 bridgehead atoms.